The molecule has 0 aliphatic heterocycles. The van der Waals surface area contributed by atoms with Gasteiger partial charge >= 0.3 is 6.36 Å². The second-order valence-electron chi connectivity index (χ2n) is 4.25. The summed E-state index contributed by atoms with van der Waals surface area (Å²) in [5, 5.41) is 0. The maximum Gasteiger partial charge on any atom is 0.573 e. The monoisotopic (exact) mass is 300 g/mol. The molecule has 2 aromatic carbocycles. The molecule has 0 unspecified atom stereocenters. The van der Waals surface area contributed by atoms with E-state index in [2.05, 4.69) is 4.74 Å². The van der Waals surface area contributed by atoms with E-state index >= 15 is 0 Å². The summed E-state index contributed by atoms with van der Waals surface area (Å²) in [5.74, 6) is -0.125. The maximum atomic E-state index is 12.7. The lowest BCUT2D eigenvalue weighted by molar-refractivity contribution is -0.274. The Balaban J connectivity index is 1.88. The molecular weight excluding hydrogens is 288 g/mol. The number of halogens is 4. The highest BCUT2D eigenvalue weighted by molar-refractivity contribution is 5.29. The normalized spacial score (nSPS) is 11.2. The van der Waals surface area contributed by atoms with E-state index in [4.69, 9.17) is 4.74 Å². The Morgan fingerprint density at radius 3 is 2.29 bits per heavy atom. The lowest BCUT2D eigenvalue weighted by Gasteiger charge is -2.10. The first-order valence-electron chi connectivity index (χ1n) is 6.15. The highest BCUT2D eigenvalue weighted by Gasteiger charge is 2.31. The second-order valence-corrected chi connectivity index (χ2v) is 4.25. The summed E-state index contributed by atoms with van der Waals surface area (Å²) in [5.41, 5.74) is 0.652. The highest BCUT2D eigenvalue weighted by atomic mass is 19.4. The molecule has 2 aromatic rings. The fourth-order valence-electron chi connectivity index (χ4n) is 1.72. The third kappa shape index (κ3) is 5.33. The van der Waals surface area contributed by atoms with E-state index in [1.165, 1.54) is 42.5 Å². The van der Waals surface area contributed by atoms with E-state index in [1.54, 1.807) is 6.07 Å². The molecule has 0 saturated carbocycles. The minimum Gasteiger partial charge on any atom is -0.493 e. The molecule has 0 saturated heterocycles. The molecule has 0 bridgehead atoms. The molecule has 0 aromatic heterocycles. The Morgan fingerprint density at radius 2 is 1.62 bits per heavy atom. The lowest BCUT2D eigenvalue weighted by atomic mass is 10.1. The van der Waals surface area contributed by atoms with E-state index < -0.39 is 6.36 Å². The Hall–Kier alpha value is -2.24. The van der Waals surface area contributed by atoms with Crippen molar-refractivity contribution in [3.8, 4) is 11.5 Å². The third-order valence-electron chi connectivity index (χ3n) is 2.61. The van der Waals surface area contributed by atoms with Crippen LogP contribution in [0.4, 0.5) is 17.6 Å². The molecule has 2 rings (SSSR count). The summed E-state index contributed by atoms with van der Waals surface area (Å²) >= 11 is 0. The van der Waals surface area contributed by atoms with Crippen LogP contribution in [0.3, 0.4) is 0 Å². The van der Waals surface area contributed by atoms with Gasteiger partial charge < -0.3 is 9.47 Å². The Bertz CT molecular complexity index is 579. The molecule has 0 aliphatic rings. The molecule has 0 heterocycles. The summed E-state index contributed by atoms with van der Waals surface area (Å²) in [6.07, 6.45) is -4.30. The molecule has 0 radical (unpaired) electrons. The zero-order valence-electron chi connectivity index (χ0n) is 10.9. The number of hydrogen-bond donors (Lipinski definition) is 0. The summed E-state index contributed by atoms with van der Waals surface area (Å²) in [4.78, 5) is 0. The van der Waals surface area contributed by atoms with Gasteiger partial charge in [0.2, 0.25) is 0 Å². The zero-order chi connectivity index (χ0) is 15.3. The van der Waals surface area contributed by atoms with Crippen molar-refractivity contribution in [1.29, 1.82) is 0 Å². The SMILES string of the molecule is Fc1ccc(OCCc2cccc(OC(F)(F)F)c2)cc1. The van der Waals surface area contributed by atoms with Crippen LogP contribution >= 0.6 is 0 Å². The molecule has 0 spiro atoms. The van der Waals surface area contributed by atoms with Gasteiger partial charge in [-0.3, -0.25) is 0 Å². The molecule has 0 amide bonds. The first-order valence-corrected chi connectivity index (χ1v) is 6.15. The first kappa shape index (κ1) is 15.2. The standard InChI is InChI=1S/C15H12F4O2/c16-12-4-6-13(7-5-12)20-9-8-11-2-1-3-14(10-11)21-15(17,18)19/h1-7,10H,8-9H2. The van der Waals surface area contributed by atoms with E-state index in [0.29, 0.717) is 17.7 Å². The van der Waals surface area contributed by atoms with Crippen molar-refractivity contribution in [2.45, 2.75) is 12.8 Å². The van der Waals surface area contributed by atoms with Gasteiger partial charge in [-0.1, -0.05) is 12.1 Å². The largest absolute Gasteiger partial charge is 0.573 e. The number of ether oxygens (including phenoxy) is 2. The van der Waals surface area contributed by atoms with Gasteiger partial charge in [-0.2, -0.15) is 0 Å². The van der Waals surface area contributed by atoms with Crippen LogP contribution < -0.4 is 9.47 Å². The topological polar surface area (TPSA) is 18.5 Å². The van der Waals surface area contributed by atoms with Gasteiger partial charge in [0.1, 0.15) is 17.3 Å². The van der Waals surface area contributed by atoms with Gasteiger partial charge in [-0.05, 0) is 42.0 Å². The number of alkyl halides is 3. The van der Waals surface area contributed by atoms with Crippen LogP contribution in [0.5, 0.6) is 11.5 Å². The minimum atomic E-state index is -4.71. The molecule has 0 fully saturated rings. The molecule has 2 nitrogen and oxygen atoms in total. The molecule has 0 atom stereocenters. The molecule has 6 heteroatoms. The van der Waals surface area contributed by atoms with Crippen molar-refractivity contribution in [3.63, 3.8) is 0 Å². The van der Waals surface area contributed by atoms with E-state index in [0.717, 1.165) is 0 Å². The van der Waals surface area contributed by atoms with Crippen molar-refractivity contribution in [2.24, 2.45) is 0 Å². The quantitative estimate of drug-likeness (QED) is 0.764. The Kier molecular flexibility index (Phi) is 4.67. The van der Waals surface area contributed by atoms with Crippen molar-refractivity contribution in [2.75, 3.05) is 6.61 Å². The van der Waals surface area contributed by atoms with Crippen molar-refractivity contribution >= 4 is 0 Å². The molecule has 0 aliphatic carbocycles. The van der Waals surface area contributed by atoms with Crippen LogP contribution in [-0.2, 0) is 6.42 Å². The average molecular weight is 300 g/mol. The molecule has 0 N–H and O–H groups in total. The summed E-state index contributed by atoms with van der Waals surface area (Å²) < 4.78 is 58.2. The van der Waals surface area contributed by atoms with E-state index in [-0.39, 0.29) is 18.2 Å². The Labute approximate surface area is 118 Å². The minimum absolute atomic E-state index is 0.262. The van der Waals surface area contributed by atoms with E-state index in [9.17, 15) is 17.6 Å². The van der Waals surface area contributed by atoms with E-state index in [1.807, 2.05) is 0 Å². The van der Waals surface area contributed by atoms with Gasteiger partial charge in [0, 0.05) is 6.42 Å². The van der Waals surface area contributed by atoms with Crippen molar-refractivity contribution < 1.29 is 27.0 Å². The van der Waals surface area contributed by atoms with Crippen molar-refractivity contribution in [3.05, 3.63) is 59.9 Å². The fourth-order valence-corrected chi connectivity index (χ4v) is 1.72. The first-order chi connectivity index (χ1) is 9.92. The molecular formula is C15H12F4O2. The fraction of sp³-hybridized carbons (Fsp3) is 0.200. The maximum absolute atomic E-state index is 12.7. The van der Waals surface area contributed by atoms with Gasteiger partial charge in [0.25, 0.3) is 0 Å². The smallest absolute Gasteiger partial charge is 0.493 e. The summed E-state index contributed by atoms with van der Waals surface area (Å²) in [6, 6.07) is 11.2. The number of rotatable bonds is 5. The third-order valence-corrected chi connectivity index (χ3v) is 2.61. The molecule has 112 valence electrons. The summed E-state index contributed by atoms with van der Waals surface area (Å²) in [7, 11) is 0. The Morgan fingerprint density at radius 1 is 0.905 bits per heavy atom. The van der Waals surface area contributed by atoms with Crippen LogP contribution in [0.15, 0.2) is 48.5 Å². The van der Waals surface area contributed by atoms with Crippen LogP contribution in [0, 0.1) is 5.82 Å². The zero-order valence-corrected chi connectivity index (χ0v) is 10.9. The summed E-state index contributed by atoms with van der Waals surface area (Å²) in [6.45, 7) is 0.265. The van der Waals surface area contributed by atoms with Gasteiger partial charge in [-0.25, -0.2) is 4.39 Å². The highest BCUT2D eigenvalue weighted by Crippen LogP contribution is 2.23. The number of benzene rings is 2. The van der Waals surface area contributed by atoms with Crippen molar-refractivity contribution in [1.82, 2.24) is 0 Å². The van der Waals surface area contributed by atoms with Gasteiger partial charge in [0.15, 0.2) is 0 Å². The van der Waals surface area contributed by atoms with Crippen LogP contribution in [0.2, 0.25) is 0 Å². The van der Waals surface area contributed by atoms with Crippen LogP contribution in [0.25, 0.3) is 0 Å². The predicted octanol–water partition coefficient (Wildman–Crippen LogP) is 4.35. The number of hydrogen-bond acceptors (Lipinski definition) is 2. The van der Waals surface area contributed by atoms with Crippen LogP contribution in [0.1, 0.15) is 5.56 Å². The van der Waals surface area contributed by atoms with Gasteiger partial charge in [0.05, 0.1) is 6.61 Å². The van der Waals surface area contributed by atoms with Gasteiger partial charge in [-0.15, -0.1) is 13.2 Å². The van der Waals surface area contributed by atoms with Crippen LogP contribution in [-0.4, -0.2) is 13.0 Å². The second kappa shape index (κ2) is 6.47. The predicted molar refractivity (Wildman–Crippen MR) is 68.7 cm³/mol. The molecule has 21 heavy (non-hydrogen) atoms. The average Bonchev–Trinajstić information content (AvgIpc) is 2.39. The lowest BCUT2D eigenvalue weighted by Crippen LogP contribution is -2.17.